The molecule has 0 aliphatic heterocycles. The van der Waals surface area contributed by atoms with Crippen molar-refractivity contribution in [1.29, 1.82) is 0 Å². The summed E-state index contributed by atoms with van der Waals surface area (Å²) in [6.45, 7) is 8.24. The second-order valence-electron chi connectivity index (χ2n) is 4.74. The molecule has 1 nitrogen and oxygen atoms in total. The molecule has 0 bridgehead atoms. The van der Waals surface area contributed by atoms with Gasteiger partial charge in [0.1, 0.15) is 0 Å². The van der Waals surface area contributed by atoms with Crippen LogP contribution in [0.2, 0.25) is 0 Å². The van der Waals surface area contributed by atoms with Crippen molar-refractivity contribution >= 4 is 12.6 Å². The quantitative estimate of drug-likeness (QED) is 0.681. The van der Waals surface area contributed by atoms with Crippen LogP contribution in [-0.4, -0.2) is 5.11 Å². The molecule has 1 aromatic rings. The molecule has 1 atom stereocenters. The molecule has 1 N–H and O–H groups in total. The molecule has 0 aliphatic carbocycles. The van der Waals surface area contributed by atoms with Gasteiger partial charge in [0.2, 0.25) is 0 Å². The van der Waals surface area contributed by atoms with Gasteiger partial charge in [-0.05, 0) is 35.6 Å². The van der Waals surface area contributed by atoms with Crippen LogP contribution in [-0.2, 0) is 5.41 Å². The lowest BCUT2D eigenvalue weighted by Gasteiger charge is -2.21. The predicted octanol–water partition coefficient (Wildman–Crippen LogP) is 3.33. The summed E-state index contributed by atoms with van der Waals surface area (Å²) in [7, 11) is 0. The Morgan fingerprint density at radius 2 is 1.79 bits per heavy atom. The number of aliphatic hydroxyl groups is 1. The van der Waals surface area contributed by atoms with Gasteiger partial charge < -0.3 is 5.11 Å². The summed E-state index contributed by atoms with van der Waals surface area (Å²) in [5.74, 6) is 0. The Hall–Kier alpha value is -0.470. The van der Waals surface area contributed by atoms with E-state index in [9.17, 15) is 5.11 Å². The Balaban J connectivity index is 3.21. The summed E-state index contributed by atoms with van der Waals surface area (Å²) in [5, 5.41) is 9.50. The standard InChI is InChI=1S/C12H18OS/c1-8(13)9-5-10(12(2,3)4)7-11(14)6-9/h5-8,13-14H,1-4H3. The third-order valence-corrected chi connectivity index (χ3v) is 2.55. The highest BCUT2D eigenvalue weighted by molar-refractivity contribution is 7.80. The van der Waals surface area contributed by atoms with Gasteiger partial charge in [0.15, 0.2) is 0 Å². The Kier molecular flexibility index (Phi) is 3.28. The first-order valence-corrected chi connectivity index (χ1v) is 5.28. The van der Waals surface area contributed by atoms with Crippen LogP contribution in [0.15, 0.2) is 23.1 Å². The Bertz CT molecular complexity index is 324. The van der Waals surface area contributed by atoms with E-state index in [4.69, 9.17) is 0 Å². The maximum absolute atomic E-state index is 9.50. The summed E-state index contributed by atoms with van der Waals surface area (Å²) < 4.78 is 0. The molecule has 78 valence electrons. The molecule has 1 unspecified atom stereocenters. The fraction of sp³-hybridized carbons (Fsp3) is 0.500. The van der Waals surface area contributed by atoms with Crippen molar-refractivity contribution in [2.45, 2.75) is 44.1 Å². The first kappa shape index (κ1) is 11.6. The van der Waals surface area contributed by atoms with Crippen LogP contribution in [0.1, 0.15) is 44.9 Å². The van der Waals surface area contributed by atoms with Crippen LogP contribution in [0.5, 0.6) is 0 Å². The summed E-state index contributed by atoms with van der Waals surface area (Å²) in [6.07, 6.45) is -0.428. The number of hydrogen-bond donors (Lipinski definition) is 2. The number of hydrogen-bond acceptors (Lipinski definition) is 2. The van der Waals surface area contributed by atoms with Gasteiger partial charge in [-0.3, -0.25) is 0 Å². The average Bonchev–Trinajstić information content (AvgIpc) is 2.01. The van der Waals surface area contributed by atoms with Crippen molar-refractivity contribution in [2.24, 2.45) is 0 Å². The third-order valence-electron chi connectivity index (χ3n) is 2.29. The largest absolute Gasteiger partial charge is 0.389 e. The monoisotopic (exact) mass is 210 g/mol. The summed E-state index contributed by atoms with van der Waals surface area (Å²) in [4.78, 5) is 0.910. The van der Waals surface area contributed by atoms with Gasteiger partial charge in [0.25, 0.3) is 0 Å². The van der Waals surface area contributed by atoms with Gasteiger partial charge in [-0.1, -0.05) is 26.8 Å². The van der Waals surface area contributed by atoms with E-state index in [2.05, 4.69) is 39.5 Å². The zero-order valence-electron chi connectivity index (χ0n) is 9.20. The predicted molar refractivity (Wildman–Crippen MR) is 63.0 cm³/mol. The number of thiol groups is 1. The maximum atomic E-state index is 9.50. The minimum Gasteiger partial charge on any atom is -0.389 e. The van der Waals surface area contributed by atoms with Gasteiger partial charge in [-0.15, -0.1) is 12.6 Å². The minimum atomic E-state index is -0.428. The molecule has 2 heteroatoms. The van der Waals surface area contributed by atoms with E-state index in [1.165, 1.54) is 5.56 Å². The fourth-order valence-corrected chi connectivity index (χ4v) is 1.60. The summed E-state index contributed by atoms with van der Waals surface area (Å²) >= 11 is 4.34. The van der Waals surface area contributed by atoms with E-state index in [1.54, 1.807) is 6.92 Å². The van der Waals surface area contributed by atoms with Gasteiger partial charge in [-0.25, -0.2) is 0 Å². The molecular formula is C12H18OS. The van der Waals surface area contributed by atoms with Crippen molar-refractivity contribution in [1.82, 2.24) is 0 Å². The first-order valence-electron chi connectivity index (χ1n) is 4.83. The Morgan fingerprint density at radius 1 is 1.21 bits per heavy atom. The normalized spacial score (nSPS) is 14.1. The fourth-order valence-electron chi connectivity index (χ4n) is 1.31. The molecule has 0 spiro atoms. The van der Waals surface area contributed by atoms with Crippen LogP contribution in [0.25, 0.3) is 0 Å². The van der Waals surface area contributed by atoms with Crippen LogP contribution in [0, 0.1) is 0 Å². The highest BCUT2D eigenvalue weighted by Gasteiger charge is 2.15. The molecule has 0 fully saturated rings. The summed E-state index contributed by atoms with van der Waals surface area (Å²) in [5.41, 5.74) is 2.24. The molecule has 0 aliphatic rings. The highest BCUT2D eigenvalue weighted by Crippen LogP contribution is 2.27. The SMILES string of the molecule is CC(O)c1cc(S)cc(C(C)(C)C)c1. The molecule has 1 rings (SSSR count). The van der Waals surface area contributed by atoms with Crippen LogP contribution in [0.4, 0.5) is 0 Å². The molecule has 14 heavy (non-hydrogen) atoms. The number of rotatable bonds is 1. The van der Waals surface area contributed by atoms with Crippen LogP contribution in [0.3, 0.4) is 0 Å². The third kappa shape index (κ3) is 2.76. The zero-order valence-corrected chi connectivity index (χ0v) is 10.1. The van der Waals surface area contributed by atoms with Crippen molar-refractivity contribution < 1.29 is 5.11 Å². The molecular weight excluding hydrogens is 192 g/mol. The van der Waals surface area contributed by atoms with Crippen molar-refractivity contribution in [2.75, 3.05) is 0 Å². The van der Waals surface area contributed by atoms with E-state index >= 15 is 0 Å². The molecule has 0 saturated carbocycles. The molecule has 0 amide bonds. The lowest BCUT2D eigenvalue weighted by molar-refractivity contribution is 0.199. The van der Waals surface area contributed by atoms with Gasteiger partial charge >= 0.3 is 0 Å². The molecule has 0 aromatic heterocycles. The van der Waals surface area contributed by atoms with Gasteiger partial charge in [-0.2, -0.15) is 0 Å². The maximum Gasteiger partial charge on any atom is 0.0762 e. The minimum absolute atomic E-state index is 0.0996. The smallest absolute Gasteiger partial charge is 0.0762 e. The van der Waals surface area contributed by atoms with Crippen molar-refractivity contribution in [3.63, 3.8) is 0 Å². The van der Waals surface area contributed by atoms with Gasteiger partial charge in [0, 0.05) is 4.90 Å². The second-order valence-corrected chi connectivity index (χ2v) is 5.26. The first-order chi connectivity index (χ1) is 6.30. The van der Waals surface area contributed by atoms with Gasteiger partial charge in [0.05, 0.1) is 6.10 Å². The lowest BCUT2D eigenvalue weighted by atomic mass is 9.86. The Morgan fingerprint density at radius 3 is 2.21 bits per heavy atom. The topological polar surface area (TPSA) is 20.2 Å². The van der Waals surface area contributed by atoms with Crippen LogP contribution < -0.4 is 0 Å². The average molecular weight is 210 g/mol. The number of aliphatic hydroxyl groups excluding tert-OH is 1. The highest BCUT2D eigenvalue weighted by atomic mass is 32.1. The van der Waals surface area contributed by atoms with Crippen molar-refractivity contribution in [3.05, 3.63) is 29.3 Å². The zero-order chi connectivity index (χ0) is 10.9. The van der Waals surface area contributed by atoms with E-state index in [0.29, 0.717) is 0 Å². The van der Waals surface area contributed by atoms with E-state index < -0.39 is 6.10 Å². The van der Waals surface area contributed by atoms with Crippen LogP contribution >= 0.6 is 12.6 Å². The van der Waals surface area contributed by atoms with Crippen molar-refractivity contribution in [3.8, 4) is 0 Å². The second kappa shape index (κ2) is 3.95. The number of benzene rings is 1. The molecule has 0 heterocycles. The molecule has 0 saturated heterocycles. The lowest BCUT2D eigenvalue weighted by Crippen LogP contribution is -2.11. The summed E-state index contributed by atoms with van der Waals surface area (Å²) in [6, 6.07) is 6.00. The van der Waals surface area contributed by atoms with E-state index in [0.717, 1.165) is 10.5 Å². The Labute approximate surface area is 91.6 Å². The van der Waals surface area contributed by atoms with E-state index in [-0.39, 0.29) is 5.41 Å². The van der Waals surface area contributed by atoms with E-state index in [1.807, 2.05) is 12.1 Å². The molecule has 1 aromatic carbocycles. The molecule has 0 radical (unpaired) electrons.